The van der Waals surface area contributed by atoms with E-state index in [2.05, 4.69) is 10.1 Å². The van der Waals surface area contributed by atoms with E-state index in [9.17, 15) is 9.59 Å². The van der Waals surface area contributed by atoms with E-state index in [1.165, 1.54) is 7.11 Å². The number of benzene rings is 1. The lowest BCUT2D eigenvalue weighted by Gasteiger charge is -2.06. The molecule has 1 amide bonds. The van der Waals surface area contributed by atoms with Crippen molar-refractivity contribution in [3.05, 3.63) is 29.3 Å². The highest BCUT2D eigenvalue weighted by atomic mass is 16.5. The van der Waals surface area contributed by atoms with E-state index in [1.54, 1.807) is 18.2 Å². The van der Waals surface area contributed by atoms with Gasteiger partial charge in [-0.15, -0.1) is 0 Å². The monoisotopic (exact) mass is 236 g/mol. The summed E-state index contributed by atoms with van der Waals surface area (Å²) in [7, 11) is 1.31. The number of ether oxygens (including phenoxy) is 1. The van der Waals surface area contributed by atoms with Crippen molar-refractivity contribution in [2.45, 2.75) is 13.3 Å². The molecule has 3 N–H and O–H groups in total. The normalized spacial score (nSPS) is 9.76. The Balaban J connectivity index is 2.52. The summed E-state index contributed by atoms with van der Waals surface area (Å²) in [5, 5.41) is 2.62. The Morgan fingerprint density at radius 3 is 2.71 bits per heavy atom. The minimum Gasteiger partial charge on any atom is -0.469 e. The summed E-state index contributed by atoms with van der Waals surface area (Å²) < 4.78 is 4.46. The predicted octanol–water partition coefficient (Wildman–Crippen LogP) is 0.870. The van der Waals surface area contributed by atoms with E-state index in [0.29, 0.717) is 11.3 Å². The van der Waals surface area contributed by atoms with Crippen molar-refractivity contribution in [1.29, 1.82) is 0 Å². The highest BCUT2D eigenvalue weighted by Crippen LogP contribution is 2.12. The number of rotatable bonds is 4. The molecule has 1 rings (SSSR count). The molecule has 17 heavy (non-hydrogen) atoms. The Morgan fingerprint density at radius 1 is 1.41 bits per heavy atom. The summed E-state index contributed by atoms with van der Waals surface area (Å²) in [6, 6.07) is 5.09. The molecule has 92 valence electrons. The van der Waals surface area contributed by atoms with E-state index in [1.807, 2.05) is 6.92 Å². The zero-order valence-corrected chi connectivity index (χ0v) is 9.95. The van der Waals surface area contributed by atoms with Crippen molar-refractivity contribution in [2.75, 3.05) is 19.4 Å². The van der Waals surface area contributed by atoms with Gasteiger partial charge in [-0.2, -0.15) is 0 Å². The number of hydrogen-bond acceptors (Lipinski definition) is 4. The molecule has 1 aromatic carbocycles. The molecule has 0 aliphatic rings. The molecule has 1 aromatic rings. The molecular formula is C12H16N2O3. The van der Waals surface area contributed by atoms with Crippen LogP contribution in [0.2, 0.25) is 0 Å². The standard InChI is InChI=1S/C12H16N2O3/c1-8-3-4-9(7-10(8)13)12(16)14-6-5-11(15)17-2/h3-4,7H,5-6,13H2,1-2H3,(H,14,16). The molecule has 0 spiro atoms. The maximum Gasteiger partial charge on any atom is 0.307 e. The minimum atomic E-state index is -0.353. The summed E-state index contributed by atoms with van der Waals surface area (Å²) in [4.78, 5) is 22.5. The van der Waals surface area contributed by atoms with Crippen LogP contribution in [-0.2, 0) is 9.53 Å². The van der Waals surface area contributed by atoms with Gasteiger partial charge in [0.15, 0.2) is 0 Å². The number of aryl methyl sites for hydroxylation is 1. The van der Waals surface area contributed by atoms with Crippen molar-refractivity contribution < 1.29 is 14.3 Å². The van der Waals surface area contributed by atoms with Gasteiger partial charge in [-0.05, 0) is 24.6 Å². The second-order valence-corrected chi connectivity index (χ2v) is 3.65. The third-order valence-electron chi connectivity index (χ3n) is 2.38. The van der Waals surface area contributed by atoms with Crippen LogP contribution in [0, 0.1) is 6.92 Å². The first kappa shape index (κ1) is 13.0. The number of anilines is 1. The average Bonchev–Trinajstić information content (AvgIpc) is 2.32. The molecule has 0 atom stereocenters. The van der Waals surface area contributed by atoms with Crippen molar-refractivity contribution in [3.8, 4) is 0 Å². The summed E-state index contributed by atoms with van der Waals surface area (Å²) in [5.74, 6) is -0.602. The van der Waals surface area contributed by atoms with E-state index in [-0.39, 0.29) is 24.8 Å². The lowest BCUT2D eigenvalue weighted by atomic mass is 10.1. The number of nitrogen functional groups attached to an aromatic ring is 1. The summed E-state index contributed by atoms with van der Waals surface area (Å²) in [5.41, 5.74) is 7.69. The molecule has 0 saturated heterocycles. The molecule has 0 radical (unpaired) electrons. The Labute approximate surface area is 99.9 Å². The fourth-order valence-corrected chi connectivity index (χ4v) is 1.26. The summed E-state index contributed by atoms with van der Waals surface area (Å²) in [6.07, 6.45) is 0.156. The van der Waals surface area contributed by atoms with Gasteiger partial charge in [0, 0.05) is 17.8 Å². The van der Waals surface area contributed by atoms with Crippen LogP contribution in [0.25, 0.3) is 0 Å². The van der Waals surface area contributed by atoms with Gasteiger partial charge in [0.25, 0.3) is 5.91 Å². The van der Waals surface area contributed by atoms with Gasteiger partial charge in [-0.1, -0.05) is 6.07 Å². The third-order valence-corrected chi connectivity index (χ3v) is 2.38. The van der Waals surface area contributed by atoms with Gasteiger partial charge in [-0.25, -0.2) is 0 Å². The van der Waals surface area contributed by atoms with Gasteiger partial charge in [0.1, 0.15) is 0 Å². The number of nitrogens with two attached hydrogens (primary N) is 1. The van der Waals surface area contributed by atoms with Crippen molar-refractivity contribution >= 4 is 17.6 Å². The molecule has 5 heteroatoms. The zero-order chi connectivity index (χ0) is 12.8. The second kappa shape index (κ2) is 5.89. The number of hydrogen-bond donors (Lipinski definition) is 2. The fraction of sp³-hybridized carbons (Fsp3) is 0.333. The molecule has 0 fully saturated rings. The largest absolute Gasteiger partial charge is 0.469 e. The van der Waals surface area contributed by atoms with Crippen LogP contribution < -0.4 is 11.1 Å². The van der Waals surface area contributed by atoms with Gasteiger partial charge in [0.05, 0.1) is 13.5 Å². The molecule has 0 bridgehead atoms. The lowest BCUT2D eigenvalue weighted by molar-refractivity contribution is -0.140. The molecule has 0 saturated carbocycles. The summed E-state index contributed by atoms with van der Waals surface area (Å²) >= 11 is 0. The number of amides is 1. The molecule has 0 unspecified atom stereocenters. The SMILES string of the molecule is COC(=O)CCNC(=O)c1ccc(C)c(N)c1. The van der Waals surface area contributed by atoms with Gasteiger partial charge in [-0.3, -0.25) is 9.59 Å². The van der Waals surface area contributed by atoms with Crippen molar-refractivity contribution in [3.63, 3.8) is 0 Å². The van der Waals surface area contributed by atoms with Gasteiger partial charge < -0.3 is 15.8 Å². The second-order valence-electron chi connectivity index (χ2n) is 3.65. The highest BCUT2D eigenvalue weighted by molar-refractivity contribution is 5.95. The smallest absolute Gasteiger partial charge is 0.307 e. The van der Waals surface area contributed by atoms with Crippen LogP contribution >= 0.6 is 0 Å². The van der Waals surface area contributed by atoms with Crippen LogP contribution in [0.1, 0.15) is 22.3 Å². The number of nitrogens with one attached hydrogen (secondary N) is 1. The Bertz CT molecular complexity index is 430. The molecule has 0 aromatic heterocycles. The molecular weight excluding hydrogens is 220 g/mol. The van der Waals surface area contributed by atoms with E-state index in [0.717, 1.165) is 5.56 Å². The fourth-order valence-electron chi connectivity index (χ4n) is 1.26. The van der Waals surface area contributed by atoms with E-state index in [4.69, 9.17) is 5.73 Å². The van der Waals surface area contributed by atoms with Gasteiger partial charge in [0.2, 0.25) is 0 Å². The van der Waals surface area contributed by atoms with Crippen LogP contribution in [0.15, 0.2) is 18.2 Å². The topological polar surface area (TPSA) is 81.4 Å². The highest BCUT2D eigenvalue weighted by Gasteiger charge is 2.07. The van der Waals surface area contributed by atoms with Crippen LogP contribution in [0.4, 0.5) is 5.69 Å². The van der Waals surface area contributed by atoms with Crippen LogP contribution in [-0.4, -0.2) is 25.5 Å². The van der Waals surface area contributed by atoms with Crippen LogP contribution in [0.3, 0.4) is 0 Å². The Hall–Kier alpha value is -2.04. The Morgan fingerprint density at radius 2 is 2.12 bits per heavy atom. The first-order chi connectivity index (χ1) is 8.04. The summed E-state index contributed by atoms with van der Waals surface area (Å²) in [6.45, 7) is 2.12. The number of carbonyl (C=O) groups excluding carboxylic acids is 2. The van der Waals surface area contributed by atoms with Crippen molar-refractivity contribution in [1.82, 2.24) is 5.32 Å². The van der Waals surface area contributed by atoms with Crippen molar-refractivity contribution in [2.24, 2.45) is 0 Å². The van der Waals surface area contributed by atoms with Gasteiger partial charge >= 0.3 is 5.97 Å². The maximum absolute atomic E-state index is 11.7. The maximum atomic E-state index is 11.7. The first-order valence-electron chi connectivity index (χ1n) is 5.25. The molecule has 5 nitrogen and oxygen atoms in total. The zero-order valence-electron chi connectivity index (χ0n) is 9.95. The molecule has 0 aliphatic carbocycles. The molecule has 0 aliphatic heterocycles. The van der Waals surface area contributed by atoms with E-state index >= 15 is 0 Å². The first-order valence-corrected chi connectivity index (χ1v) is 5.25. The third kappa shape index (κ3) is 3.79. The molecule has 0 heterocycles. The quantitative estimate of drug-likeness (QED) is 0.600. The number of carbonyl (C=O) groups is 2. The predicted molar refractivity (Wildman–Crippen MR) is 64.6 cm³/mol. The lowest BCUT2D eigenvalue weighted by Crippen LogP contribution is -2.26. The Kier molecular flexibility index (Phi) is 4.51. The number of esters is 1. The van der Waals surface area contributed by atoms with E-state index < -0.39 is 0 Å². The number of methoxy groups -OCH3 is 1. The minimum absolute atomic E-state index is 0.156. The van der Waals surface area contributed by atoms with Crippen LogP contribution in [0.5, 0.6) is 0 Å². The average molecular weight is 236 g/mol.